The second-order valence-electron chi connectivity index (χ2n) is 5.13. The highest BCUT2D eigenvalue weighted by Crippen LogP contribution is 2.24. The fraction of sp³-hybridized carbons (Fsp3) is 0.923. The minimum Gasteiger partial charge on any atom is -0.369 e. The van der Waals surface area contributed by atoms with E-state index in [1.165, 1.54) is 0 Å². The molecule has 4 nitrogen and oxygen atoms in total. The van der Waals surface area contributed by atoms with Gasteiger partial charge in [0.25, 0.3) is 0 Å². The van der Waals surface area contributed by atoms with E-state index < -0.39 is 0 Å². The molecular weight excluding hydrogens is 248 g/mol. The molecule has 18 heavy (non-hydrogen) atoms. The van der Waals surface area contributed by atoms with E-state index in [-0.39, 0.29) is 18.6 Å². The van der Waals surface area contributed by atoms with Crippen LogP contribution >= 0.6 is 11.8 Å². The van der Waals surface area contributed by atoms with E-state index in [4.69, 9.17) is 4.74 Å². The minimum atomic E-state index is 0.124. The normalized spacial score (nSPS) is 25.8. The van der Waals surface area contributed by atoms with Gasteiger partial charge in [-0.1, -0.05) is 6.92 Å². The minimum absolute atomic E-state index is 0.124. The van der Waals surface area contributed by atoms with Crippen LogP contribution in [-0.4, -0.2) is 73.2 Å². The zero-order valence-corrected chi connectivity index (χ0v) is 13.0. The second-order valence-corrected chi connectivity index (χ2v) is 6.21. The lowest BCUT2D eigenvalue weighted by Crippen LogP contribution is -2.38. The molecule has 0 bridgehead atoms. The SMILES string of the molecule is CCC(C)OCC(=O)N1CC(SC)C(N(C)C)C1. The number of likely N-dealkylation sites (tertiary alicyclic amines) is 1. The number of carbonyl (C=O) groups excluding carboxylic acids is 1. The lowest BCUT2D eigenvalue weighted by atomic mass is 10.2. The molecule has 5 heteroatoms. The highest BCUT2D eigenvalue weighted by atomic mass is 32.2. The molecule has 1 rings (SSSR count). The summed E-state index contributed by atoms with van der Waals surface area (Å²) in [6, 6.07) is 0.451. The number of rotatable bonds is 6. The van der Waals surface area contributed by atoms with Crippen molar-refractivity contribution in [3.63, 3.8) is 0 Å². The molecule has 1 saturated heterocycles. The van der Waals surface area contributed by atoms with Gasteiger partial charge in [-0.2, -0.15) is 11.8 Å². The van der Waals surface area contributed by atoms with Crippen molar-refractivity contribution in [3.05, 3.63) is 0 Å². The van der Waals surface area contributed by atoms with E-state index in [9.17, 15) is 4.79 Å². The van der Waals surface area contributed by atoms with Gasteiger partial charge in [-0.3, -0.25) is 4.79 Å². The Morgan fingerprint density at radius 2 is 2.17 bits per heavy atom. The van der Waals surface area contributed by atoms with E-state index >= 15 is 0 Å². The lowest BCUT2D eigenvalue weighted by Gasteiger charge is -2.23. The molecule has 1 amide bonds. The third-order valence-corrected chi connectivity index (χ3v) is 4.69. The quantitative estimate of drug-likeness (QED) is 0.731. The fourth-order valence-electron chi connectivity index (χ4n) is 2.11. The van der Waals surface area contributed by atoms with E-state index in [1.54, 1.807) is 0 Å². The Labute approximate surface area is 115 Å². The number of hydrogen-bond acceptors (Lipinski definition) is 4. The molecule has 3 unspecified atom stereocenters. The van der Waals surface area contributed by atoms with Gasteiger partial charge in [0.2, 0.25) is 5.91 Å². The monoisotopic (exact) mass is 274 g/mol. The predicted molar refractivity (Wildman–Crippen MR) is 77.1 cm³/mol. The molecule has 1 fully saturated rings. The molecule has 0 aromatic heterocycles. The van der Waals surface area contributed by atoms with E-state index in [2.05, 4.69) is 32.2 Å². The first kappa shape index (κ1) is 15.8. The van der Waals surface area contributed by atoms with Crippen molar-refractivity contribution in [2.75, 3.05) is 40.0 Å². The third-order valence-electron chi connectivity index (χ3n) is 3.62. The van der Waals surface area contributed by atoms with Crippen LogP contribution in [0.1, 0.15) is 20.3 Å². The third kappa shape index (κ3) is 4.14. The smallest absolute Gasteiger partial charge is 0.248 e. The van der Waals surface area contributed by atoms with Gasteiger partial charge >= 0.3 is 0 Å². The summed E-state index contributed by atoms with van der Waals surface area (Å²) in [5, 5.41) is 0.507. The highest BCUT2D eigenvalue weighted by molar-refractivity contribution is 7.99. The van der Waals surface area contributed by atoms with Crippen molar-refractivity contribution < 1.29 is 9.53 Å². The van der Waals surface area contributed by atoms with Gasteiger partial charge in [0.1, 0.15) is 6.61 Å². The predicted octanol–water partition coefficient (Wildman–Crippen LogP) is 1.31. The molecule has 106 valence electrons. The van der Waals surface area contributed by atoms with Crippen LogP contribution in [0.4, 0.5) is 0 Å². The number of thioether (sulfide) groups is 1. The molecule has 0 saturated carbocycles. The molecule has 0 aromatic rings. The van der Waals surface area contributed by atoms with Crippen molar-refractivity contribution in [1.29, 1.82) is 0 Å². The molecular formula is C13H26N2O2S. The maximum atomic E-state index is 12.1. The summed E-state index contributed by atoms with van der Waals surface area (Å²) in [5.41, 5.74) is 0. The van der Waals surface area contributed by atoms with Gasteiger partial charge in [0.05, 0.1) is 6.10 Å². The van der Waals surface area contributed by atoms with Crippen molar-refractivity contribution >= 4 is 17.7 Å². The van der Waals surface area contributed by atoms with Gasteiger partial charge in [0.15, 0.2) is 0 Å². The van der Waals surface area contributed by atoms with E-state index in [0.29, 0.717) is 11.3 Å². The summed E-state index contributed by atoms with van der Waals surface area (Å²) in [6.45, 7) is 5.95. The van der Waals surface area contributed by atoms with Crippen molar-refractivity contribution in [2.45, 2.75) is 37.7 Å². The number of hydrogen-bond donors (Lipinski definition) is 0. The largest absolute Gasteiger partial charge is 0.369 e. The molecule has 0 aliphatic carbocycles. The standard InChI is InChI=1S/C13H26N2O2S/c1-6-10(2)17-9-13(16)15-7-11(14(3)4)12(8-15)18-5/h10-12H,6-9H2,1-5H3. The molecule has 1 aliphatic heterocycles. The van der Waals surface area contributed by atoms with Crippen LogP contribution in [0.2, 0.25) is 0 Å². The number of likely N-dealkylation sites (N-methyl/N-ethyl adjacent to an activating group) is 1. The lowest BCUT2D eigenvalue weighted by molar-refractivity contribution is -0.137. The maximum Gasteiger partial charge on any atom is 0.248 e. The zero-order valence-electron chi connectivity index (χ0n) is 12.2. The van der Waals surface area contributed by atoms with Gasteiger partial charge in [-0.25, -0.2) is 0 Å². The topological polar surface area (TPSA) is 32.8 Å². The summed E-state index contributed by atoms with van der Waals surface area (Å²) in [7, 11) is 4.16. The van der Waals surface area contributed by atoms with Gasteiger partial charge in [-0.05, 0) is 33.7 Å². The fourth-order valence-corrected chi connectivity index (χ4v) is 3.08. The number of carbonyl (C=O) groups is 1. The summed E-state index contributed by atoms with van der Waals surface area (Å²) >= 11 is 1.84. The van der Waals surface area contributed by atoms with Gasteiger partial charge < -0.3 is 14.5 Å². The molecule has 3 atom stereocenters. The first-order valence-electron chi connectivity index (χ1n) is 6.58. The first-order chi connectivity index (χ1) is 8.49. The van der Waals surface area contributed by atoms with Crippen LogP contribution in [0, 0.1) is 0 Å². The Balaban J connectivity index is 2.46. The molecule has 0 aromatic carbocycles. The average Bonchev–Trinajstić information content (AvgIpc) is 2.79. The summed E-state index contributed by atoms with van der Waals surface area (Å²) in [5.74, 6) is 0.124. The molecule has 1 heterocycles. The molecule has 1 aliphatic rings. The molecule has 0 spiro atoms. The zero-order chi connectivity index (χ0) is 13.7. The van der Waals surface area contributed by atoms with Crippen LogP contribution in [0.5, 0.6) is 0 Å². The van der Waals surface area contributed by atoms with Crippen molar-refractivity contribution in [3.8, 4) is 0 Å². The Morgan fingerprint density at radius 1 is 1.50 bits per heavy atom. The van der Waals surface area contributed by atoms with Crippen LogP contribution in [0.25, 0.3) is 0 Å². The Kier molecular flexibility index (Phi) is 6.46. The van der Waals surface area contributed by atoms with Crippen LogP contribution in [-0.2, 0) is 9.53 Å². The number of ether oxygens (including phenoxy) is 1. The van der Waals surface area contributed by atoms with E-state index in [1.807, 2.05) is 23.6 Å². The van der Waals surface area contributed by atoms with Crippen LogP contribution in [0.15, 0.2) is 0 Å². The second kappa shape index (κ2) is 7.36. The Hall–Kier alpha value is -0.260. The molecule has 0 N–H and O–H groups in total. The number of amides is 1. The Morgan fingerprint density at radius 3 is 2.61 bits per heavy atom. The van der Waals surface area contributed by atoms with Crippen LogP contribution in [0.3, 0.4) is 0 Å². The van der Waals surface area contributed by atoms with Crippen molar-refractivity contribution in [2.24, 2.45) is 0 Å². The highest BCUT2D eigenvalue weighted by Gasteiger charge is 2.35. The summed E-state index contributed by atoms with van der Waals surface area (Å²) < 4.78 is 5.52. The van der Waals surface area contributed by atoms with Gasteiger partial charge in [0, 0.05) is 24.4 Å². The average molecular weight is 274 g/mol. The van der Waals surface area contributed by atoms with E-state index in [0.717, 1.165) is 19.5 Å². The Bertz CT molecular complexity index is 274. The summed E-state index contributed by atoms with van der Waals surface area (Å²) in [6.07, 6.45) is 3.23. The van der Waals surface area contributed by atoms with Crippen LogP contribution < -0.4 is 0 Å². The first-order valence-corrected chi connectivity index (χ1v) is 7.87. The van der Waals surface area contributed by atoms with Crippen molar-refractivity contribution in [1.82, 2.24) is 9.80 Å². The van der Waals surface area contributed by atoms with Gasteiger partial charge in [-0.15, -0.1) is 0 Å². The number of nitrogens with zero attached hydrogens (tertiary/aromatic N) is 2. The molecule has 0 radical (unpaired) electrons. The maximum absolute atomic E-state index is 12.1. The summed E-state index contributed by atoms with van der Waals surface area (Å²) in [4.78, 5) is 16.2.